The molecule has 1 atom stereocenters. The summed E-state index contributed by atoms with van der Waals surface area (Å²) in [5.74, 6) is 0.966. The molecule has 4 nitrogen and oxygen atoms in total. The molecule has 0 aliphatic carbocycles. The SMILES string of the molecule is CC(C)NC(C)(C#N)CCCSc1ccncn1. The van der Waals surface area contributed by atoms with Gasteiger partial charge in [0.05, 0.1) is 11.1 Å². The van der Waals surface area contributed by atoms with Gasteiger partial charge in [0.25, 0.3) is 0 Å². The average Bonchev–Trinajstić information content (AvgIpc) is 2.35. The van der Waals surface area contributed by atoms with E-state index in [0.29, 0.717) is 6.04 Å². The lowest BCUT2D eigenvalue weighted by molar-refractivity contribution is 0.380. The van der Waals surface area contributed by atoms with Gasteiger partial charge in [0.15, 0.2) is 0 Å². The van der Waals surface area contributed by atoms with Crippen molar-refractivity contribution in [2.24, 2.45) is 0 Å². The van der Waals surface area contributed by atoms with E-state index in [2.05, 4.69) is 35.2 Å². The largest absolute Gasteiger partial charge is 0.297 e. The summed E-state index contributed by atoms with van der Waals surface area (Å²) in [6, 6.07) is 4.59. The molecule has 1 rings (SSSR count). The number of nitrogens with one attached hydrogen (secondary N) is 1. The van der Waals surface area contributed by atoms with E-state index in [-0.39, 0.29) is 0 Å². The van der Waals surface area contributed by atoms with Gasteiger partial charge in [-0.2, -0.15) is 5.26 Å². The van der Waals surface area contributed by atoms with Gasteiger partial charge < -0.3 is 0 Å². The van der Waals surface area contributed by atoms with Gasteiger partial charge in [0, 0.05) is 12.2 Å². The molecule has 0 saturated heterocycles. The van der Waals surface area contributed by atoms with Crippen LogP contribution in [0.5, 0.6) is 0 Å². The second-order valence-electron chi connectivity index (χ2n) is 4.74. The van der Waals surface area contributed by atoms with Gasteiger partial charge in [-0.25, -0.2) is 9.97 Å². The topological polar surface area (TPSA) is 61.6 Å². The average molecular weight is 264 g/mol. The molecule has 0 aliphatic rings. The second kappa shape index (κ2) is 7.34. The van der Waals surface area contributed by atoms with Gasteiger partial charge in [-0.3, -0.25) is 5.32 Å². The highest BCUT2D eigenvalue weighted by atomic mass is 32.2. The van der Waals surface area contributed by atoms with E-state index in [9.17, 15) is 5.26 Å². The first kappa shape index (κ1) is 14.9. The molecule has 0 fully saturated rings. The minimum atomic E-state index is -0.430. The molecule has 1 unspecified atom stereocenters. The molecule has 5 heteroatoms. The van der Waals surface area contributed by atoms with E-state index in [1.807, 2.05) is 13.0 Å². The minimum absolute atomic E-state index is 0.323. The Morgan fingerprint density at radius 1 is 1.56 bits per heavy atom. The Morgan fingerprint density at radius 3 is 2.89 bits per heavy atom. The third-order valence-electron chi connectivity index (χ3n) is 2.48. The summed E-state index contributed by atoms with van der Waals surface area (Å²) in [6.45, 7) is 6.08. The summed E-state index contributed by atoms with van der Waals surface area (Å²) < 4.78 is 0. The molecule has 0 radical (unpaired) electrons. The van der Waals surface area contributed by atoms with Gasteiger partial charge in [-0.15, -0.1) is 11.8 Å². The predicted octanol–water partition coefficient (Wildman–Crippen LogP) is 2.63. The molecule has 0 aromatic carbocycles. The van der Waals surface area contributed by atoms with E-state index < -0.39 is 5.54 Å². The van der Waals surface area contributed by atoms with Crippen molar-refractivity contribution in [1.82, 2.24) is 15.3 Å². The Morgan fingerprint density at radius 2 is 2.33 bits per heavy atom. The van der Waals surface area contributed by atoms with Crippen molar-refractivity contribution in [3.8, 4) is 6.07 Å². The van der Waals surface area contributed by atoms with E-state index in [1.165, 1.54) is 0 Å². The molecule has 0 bridgehead atoms. The number of nitrogens with zero attached hydrogens (tertiary/aromatic N) is 3. The number of hydrogen-bond acceptors (Lipinski definition) is 5. The minimum Gasteiger partial charge on any atom is -0.297 e. The van der Waals surface area contributed by atoms with Crippen LogP contribution in [0.4, 0.5) is 0 Å². The summed E-state index contributed by atoms with van der Waals surface area (Å²) in [5.41, 5.74) is -0.430. The molecule has 1 N–H and O–H groups in total. The van der Waals surface area contributed by atoms with Crippen LogP contribution in [0, 0.1) is 11.3 Å². The number of rotatable bonds is 7. The van der Waals surface area contributed by atoms with Crippen molar-refractivity contribution in [1.29, 1.82) is 5.26 Å². The summed E-state index contributed by atoms with van der Waals surface area (Å²) in [7, 11) is 0. The van der Waals surface area contributed by atoms with E-state index in [0.717, 1.165) is 23.6 Å². The molecule has 0 amide bonds. The van der Waals surface area contributed by atoms with Gasteiger partial charge in [-0.1, -0.05) is 0 Å². The Kier molecular flexibility index (Phi) is 6.10. The first-order valence-corrected chi connectivity index (χ1v) is 7.12. The molecule has 1 aromatic heterocycles. The normalized spacial score (nSPS) is 14.2. The molecule has 1 aromatic rings. The standard InChI is InChI=1S/C13H20N4S/c1-11(2)17-13(3,9-14)6-4-8-18-12-5-7-15-10-16-12/h5,7,10-11,17H,4,6,8H2,1-3H3. The zero-order valence-electron chi connectivity index (χ0n) is 11.2. The van der Waals surface area contributed by atoms with Crippen molar-refractivity contribution in [3.05, 3.63) is 18.6 Å². The van der Waals surface area contributed by atoms with Gasteiger partial charge in [0.2, 0.25) is 0 Å². The van der Waals surface area contributed by atoms with Crippen LogP contribution in [0.3, 0.4) is 0 Å². The maximum Gasteiger partial charge on any atom is 0.116 e. The van der Waals surface area contributed by atoms with Crippen LogP contribution < -0.4 is 5.32 Å². The summed E-state index contributed by atoms with van der Waals surface area (Å²) >= 11 is 1.70. The van der Waals surface area contributed by atoms with Crippen molar-refractivity contribution in [2.45, 2.75) is 50.2 Å². The van der Waals surface area contributed by atoms with E-state index in [4.69, 9.17) is 0 Å². The molecular weight excluding hydrogens is 244 g/mol. The van der Waals surface area contributed by atoms with Crippen molar-refractivity contribution < 1.29 is 0 Å². The maximum absolute atomic E-state index is 9.21. The second-order valence-corrected chi connectivity index (χ2v) is 5.86. The Balaban J connectivity index is 2.30. The lowest BCUT2D eigenvalue weighted by atomic mass is 9.97. The monoisotopic (exact) mass is 264 g/mol. The molecule has 0 spiro atoms. The van der Waals surface area contributed by atoms with Crippen LogP contribution in [0.15, 0.2) is 23.6 Å². The fraction of sp³-hybridized carbons (Fsp3) is 0.615. The number of thioether (sulfide) groups is 1. The number of nitriles is 1. The van der Waals surface area contributed by atoms with E-state index in [1.54, 1.807) is 24.3 Å². The van der Waals surface area contributed by atoms with Crippen LogP contribution in [-0.4, -0.2) is 27.3 Å². The Labute approximate surface area is 113 Å². The highest BCUT2D eigenvalue weighted by molar-refractivity contribution is 7.99. The third-order valence-corrected chi connectivity index (χ3v) is 3.51. The van der Waals surface area contributed by atoms with Crippen LogP contribution >= 0.6 is 11.8 Å². The summed E-state index contributed by atoms with van der Waals surface area (Å²) in [6.07, 6.45) is 5.13. The number of hydrogen-bond donors (Lipinski definition) is 1. The summed E-state index contributed by atoms with van der Waals surface area (Å²) in [4.78, 5) is 8.03. The zero-order chi connectivity index (χ0) is 13.4. The van der Waals surface area contributed by atoms with E-state index >= 15 is 0 Å². The molecular formula is C13H20N4S. The van der Waals surface area contributed by atoms with Gasteiger partial charge >= 0.3 is 0 Å². The fourth-order valence-corrected chi connectivity index (χ4v) is 2.54. The van der Waals surface area contributed by atoms with Gasteiger partial charge in [-0.05, 0) is 45.4 Å². The molecule has 0 saturated carbocycles. The van der Waals surface area contributed by atoms with Crippen molar-refractivity contribution >= 4 is 11.8 Å². The Bertz CT molecular complexity index is 388. The Hall–Kier alpha value is -1.12. The fourth-order valence-electron chi connectivity index (χ4n) is 1.76. The van der Waals surface area contributed by atoms with Crippen molar-refractivity contribution in [2.75, 3.05) is 5.75 Å². The van der Waals surface area contributed by atoms with Gasteiger partial charge in [0.1, 0.15) is 11.9 Å². The third kappa shape index (κ3) is 5.48. The van der Waals surface area contributed by atoms with Crippen LogP contribution in [-0.2, 0) is 0 Å². The van der Waals surface area contributed by atoms with Crippen LogP contribution in [0.1, 0.15) is 33.6 Å². The zero-order valence-corrected chi connectivity index (χ0v) is 12.0. The van der Waals surface area contributed by atoms with Crippen LogP contribution in [0.2, 0.25) is 0 Å². The number of aromatic nitrogens is 2. The molecule has 98 valence electrons. The lowest BCUT2D eigenvalue weighted by Crippen LogP contribution is -2.44. The predicted molar refractivity (Wildman–Crippen MR) is 74.3 cm³/mol. The molecule has 1 heterocycles. The maximum atomic E-state index is 9.21. The lowest BCUT2D eigenvalue weighted by Gasteiger charge is -2.25. The first-order chi connectivity index (χ1) is 8.56. The highest BCUT2D eigenvalue weighted by Gasteiger charge is 2.23. The van der Waals surface area contributed by atoms with Crippen LogP contribution in [0.25, 0.3) is 0 Å². The first-order valence-electron chi connectivity index (χ1n) is 6.13. The quantitative estimate of drug-likeness (QED) is 0.466. The molecule has 18 heavy (non-hydrogen) atoms. The van der Waals surface area contributed by atoms with Crippen molar-refractivity contribution in [3.63, 3.8) is 0 Å². The summed E-state index contributed by atoms with van der Waals surface area (Å²) in [5, 5.41) is 13.5. The smallest absolute Gasteiger partial charge is 0.116 e. The highest BCUT2D eigenvalue weighted by Crippen LogP contribution is 2.19. The molecule has 0 aliphatic heterocycles.